The first kappa shape index (κ1) is 36.0. The van der Waals surface area contributed by atoms with Crippen LogP contribution in [-0.2, 0) is 47.6 Å². The van der Waals surface area contributed by atoms with Crippen molar-refractivity contribution in [1.29, 1.82) is 0 Å². The van der Waals surface area contributed by atoms with E-state index in [2.05, 4.69) is 0 Å². The monoisotopic (exact) mass is 731 g/mol. The Hall–Kier alpha value is -6.39. The van der Waals surface area contributed by atoms with Crippen LogP contribution in [0.5, 0.6) is 0 Å². The van der Waals surface area contributed by atoms with E-state index in [9.17, 15) is 39.6 Å². The fourth-order valence-electron chi connectivity index (χ4n) is 7.05. The lowest BCUT2D eigenvalue weighted by Gasteiger charge is -2.47. The zero-order chi connectivity index (χ0) is 38.0. The first-order valence-corrected chi connectivity index (χ1v) is 16.8. The number of fused-ring (bicyclic) bond motifs is 1. The number of rotatable bonds is 15. The smallest absolute Gasteiger partial charge is 0.317 e. The summed E-state index contributed by atoms with van der Waals surface area (Å²) >= 11 is 0. The average molecular weight is 732 g/mol. The highest BCUT2D eigenvalue weighted by molar-refractivity contribution is 5.73. The van der Waals surface area contributed by atoms with Gasteiger partial charge in [-0.05, 0) is 47.5 Å². The molecule has 0 fully saturated rings. The van der Waals surface area contributed by atoms with E-state index in [4.69, 9.17) is 24.7 Å². The second kappa shape index (κ2) is 14.9. The fourth-order valence-corrected chi connectivity index (χ4v) is 7.05. The van der Waals surface area contributed by atoms with Gasteiger partial charge in [-0.1, -0.05) is 60.7 Å². The third kappa shape index (κ3) is 7.29. The van der Waals surface area contributed by atoms with Gasteiger partial charge in [-0.3, -0.25) is 29.0 Å². The maximum absolute atomic E-state index is 11.5. The highest BCUT2D eigenvalue weighted by Gasteiger charge is 2.53. The topological polar surface area (TPSA) is 213 Å². The number of pyridine rings is 3. The molecule has 5 aromatic rings. The highest BCUT2D eigenvalue weighted by atomic mass is 17.2. The summed E-state index contributed by atoms with van der Waals surface area (Å²) < 4.78 is 0. The predicted octanol–water partition coefficient (Wildman–Crippen LogP) is 3.80. The van der Waals surface area contributed by atoms with Gasteiger partial charge < -0.3 is 20.4 Å². The van der Waals surface area contributed by atoms with Crippen molar-refractivity contribution >= 4 is 23.9 Å². The van der Waals surface area contributed by atoms with Gasteiger partial charge in [0.15, 0.2) is 5.60 Å². The summed E-state index contributed by atoms with van der Waals surface area (Å²) in [5.74, 6) is -4.72. The summed E-state index contributed by atoms with van der Waals surface area (Å²) in [5, 5.41) is 37.6. The quantitative estimate of drug-likeness (QED) is 0.113. The molecule has 2 aliphatic heterocycles. The molecule has 0 spiro atoms. The minimum Gasteiger partial charge on any atom is -0.480 e. The summed E-state index contributed by atoms with van der Waals surface area (Å²) in [4.78, 5) is 75.5. The van der Waals surface area contributed by atoms with Gasteiger partial charge in [0.25, 0.3) is 0 Å². The van der Waals surface area contributed by atoms with Crippen LogP contribution in [0.15, 0.2) is 97.1 Å². The van der Waals surface area contributed by atoms with E-state index >= 15 is 0 Å². The first-order chi connectivity index (χ1) is 26.0. The largest absolute Gasteiger partial charge is 0.480 e. The van der Waals surface area contributed by atoms with Crippen LogP contribution >= 0.6 is 0 Å². The molecule has 0 amide bonds. The molecule has 2 bridgehead atoms. The number of carboxylic acids is 4. The Morgan fingerprint density at radius 1 is 0.556 bits per heavy atom. The van der Waals surface area contributed by atoms with Gasteiger partial charge in [-0.15, -0.1) is 0 Å². The molecule has 15 nitrogen and oxygen atoms in total. The molecule has 2 aromatic carbocycles. The van der Waals surface area contributed by atoms with E-state index in [1.54, 1.807) is 36.4 Å². The fraction of sp³-hybridized carbons (Fsp3) is 0.205. The van der Waals surface area contributed by atoms with Crippen molar-refractivity contribution in [2.45, 2.75) is 24.8 Å². The van der Waals surface area contributed by atoms with Crippen LogP contribution in [-0.4, -0.2) is 95.2 Å². The minimum atomic E-state index is -1.26. The Morgan fingerprint density at radius 2 is 0.981 bits per heavy atom. The van der Waals surface area contributed by atoms with Gasteiger partial charge in [0.1, 0.15) is 6.10 Å². The zero-order valence-corrected chi connectivity index (χ0v) is 28.5. The second-order valence-electron chi connectivity index (χ2n) is 12.9. The SMILES string of the molecule is O=C(O)CN(CC(=O)O)Cc1cccc(-c2cc(C34OOC(c5ccccc53)c3ccccc34)cc(-c3cccc(CN(CC(=O)O)CC(=O)O)n3)n2)n1. The van der Waals surface area contributed by atoms with Crippen LogP contribution in [0.3, 0.4) is 0 Å². The maximum atomic E-state index is 11.5. The zero-order valence-electron chi connectivity index (χ0n) is 28.5. The molecule has 8 rings (SSSR count). The van der Waals surface area contributed by atoms with Gasteiger partial charge in [0.2, 0.25) is 0 Å². The molecule has 274 valence electrons. The first-order valence-electron chi connectivity index (χ1n) is 16.8. The lowest BCUT2D eigenvalue weighted by atomic mass is 9.69. The van der Waals surface area contributed by atoms with Gasteiger partial charge in [-0.25, -0.2) is 24.7 Å². The van der Waals surface area contributed by atoms with Crippen LogP contribution in [0.1, 0.15) is 45.3 Å². The molecule has 15 heteroatoms. The Labute approximate surface area is 307 Å². The van der Waals surface area contributed by atoms with Gasteiger partial charge in [0.05, 0.1) is 60.3 Å². The molecule has 0 atom stereocenters. The minimum absolute atomic E-state index is 0.0607. The number of hydrogen-bond donors (Lipinski definition) is 4. The molecule has 54 heavy (non-hydrogen) atoms. The Balaban J connectivity index is 1.38. The molecule has 1 aliphatic carbocycles. The van der Waals surface area contributed by atoms with Crippen molar-refractivity contribution < 1.29 is 49.4 Å². The number of aliphatic carboxylic acids is 4. The van der Waals surface area contributed by atoms with Crippen molar-refractivity contribution in [2.24, 2.45) is 0 Å². The molecule has 3 aromatic heterocycles. The summed E-state index contributed by atoms with van der Waals surface area (Å²) in [6.45, 7) is -2.14. The standard InChI is InChI=1S/C39H33N5O10/c45-34(46)19-43(20-35(47)48)17-24-7-5-13-30(40-24)32-15-23(39-28-11-3-1-9-26(28)38(53-54-39)27-10-2-4-12-29(27)39)16-33(42-32)31-14-6-8-25(41-31)18-44(21-36(49)50)22-37(51)52/h1-16,38H,17-22H2,(H,45,46)(H,47,48)(H,49,50)(H,51,52). The number of carbonyl (C=O) groups is 4. The lowest BCUT2D eigenvalue weighted by molar-refractivity contribution is -0.386. The third-order valence-corrected chi connectivity index (χ3v) is 9.09. The maximum Gasteiger partial charge on any atom is 0.317 e. The van der Waals surface area contributed by atoms with Crippen LogP contribution in [0, 0.1) is 0 Å². The van der Waals surface area contributed by atoms with Crippen molar-refractivity contribution in [3.63, 3.8) is 0 Å². The normalized spacial score (nSPS) is 16.9. The van der Waals surface area contributed by atoms with Crippen molar-refractivity contribution in [3.05, 3.63) is 136 Å². The van der Waals surface area contributed by atoms with E-state index in [-0.39, 0.29) is 13.1 Å². The van der Waals surface area contributed by atoms with E-state index in [0.29, 0.717) is 39.7 Å². The van der Waals surface area contributed by atoms with Crippen LogP contribution in [0.4, 0.5) is 0 Å². The molecule has 3 aliphatic rings. The van der Waals surface area contributed by atoms with Crippen molar-refractivity contribution in [3.8, 4) is 22.8 Å². The lowest BCUT2D eigenvalue weighted by Crippen LogP contribution is -2.44. The van der Waals surface area contributed by atoms with Crippen molar-refractivity contribution in [1.82, 2.24) is 24.8 Å². The van der Waals surface area contributed by atoms with E-state index in [0.717, 1.165) is 22.3 Å². The van der Waals surface area contributed by atoms with Crippen molar-refractivity contribution in [2.75, 3.05) is 26.2 Å². The Kier molecular flexibility index (Phi) is 9.94. The van der Waals surface area contributed by atoms with E-state index in [1.807, 2.05) is 60.7 Å². The predicted molar refractivity (Wildman–Crippen MR) is 189 cm³/mol. The Morgan fingerprint density at radius 3 is 1.41 bits per heavy atom. The number of benzene rings is 2. The molecular formula is C39H33N5O10. The summed E-state index contributed by atoms with van der Waals surface area (Å²) in [6.07, 6.45) is -0.448. The van der Waals surface area contributed by atoms with Crippen LogP contribution < -0.4 is 0 Å². The molecule has 4 N–H and O–H groups in total. The summed E-state index contributed by atoms with van der Waals surface area (Å²) in [7, 11) is 0. The third-order valence-electron chi connectivity index (χ3n) is 9.09. The van der Waals surface area contributed by atoms with Crippen LogP contribution in [0.2, 0.25) is 0 Å². The molecule has 5 heterocycles. The second-order valence-corrected chi connectivity index (χ2v) is 12.9. The molecule has 0 saturated heterocycles. The average Bonchev–Trinajstić information content (AvgIpc) is 3.14. The number of nitrogens with zero attached hydrogens (tertiary/aromatic N) is 5. The molecular weight excluding hydrogens is 698 g/mol. The summed E-state index contributed by atoms with van der Waals surface area (Å²) in [5.41, 5.74) is 5.33. The van der Waals surface area contributed by atoms with E-state index in [1.165, 1.54) is 9.80 Å². The van der Waals surface area contributed by atoms with E-state index < -0.39 is 61.8 Å². The summed E-state index contributed by atoms with van der Waals surface area (Å²) in [6, 6.07) is 29.6. The number of carboxylic acid groups (broad SMARTS) is 4. The van der Waals surface area contributed by atoms with Gasteiger partial charge >= 0.3 is 23.9 Å². The molecule has 0 saturated carbocycles. The van der Waals surface area contributed by atoms with Gasteiger partial charge in [-0.2, -0.15) is 0 Å². The number of aromatic nitrogens is 3. The molecule has 0 radical (unpaired) electrons. The van der Waals surface area contributed by atoms with Gasteiger partial charge in [0, 0.05) is 29.8 Å². The number of hydrogen-bond acceptors (Lipinski definition) is 11. The highest BCUT2D eigenvalue weighted by Crippen LogP contribution is 2.56. The Bertz CT molecular complexity index is 2100. The van der Waals surface area contributed by atoms with Crippen LogP contribution in [0.25, 0.3) is 22.8 Å². The molecule has 0 unspecified atom stereocenters.